The van der Waals surface area contributed by atoms with E-state index in [1.54, 1.807) is 18.2 Å². The largest absolute Gasteiger partial charge is 0.274 e. The number of anilines is 1. The van der Waals surface area contributed by atoms with E-state index < -0.39 is 0 Å². The predicted molar refractivity (Wildman–Crippen MR) is 76.7 cm³/mol. The summed E-state index contributed by atoms with van der Waals surface area (Å²) in [6, 6.07) is 4.83. The van der Waals surface area contributed by atoms with Crippen molar-refractivity contribution in [1.82, 2.24) is 0 Å². The SMILES string of the molecule is O=C1[C@@H]2[C@H](C(=O)N1c1cc(Cl)ccc1Cl)[C@@H]1C=C[C@@H]2C1. The summed E-state index contributed by atoms with van der Waals surface area (Å²) in [6.45, 7) is 0. The summed E-state index contributed by atoms with van der Waals surface area (Å²) in [6.07, 6.45) is 5.06. The predicted octanol–water partition coefficient (Wildman–Crippen LogP) is 3.30. The highest BCUT2D eigenvalue weighted by atomic mass is 35.5. The third kappa shape index (κ3) is 1.48. The van der Waals surface area contributed by atoms with Crippen LogP contribution in [0.15, 0.2) is 30.4 Å². The minimum absolute atomic E-state index is 0.138. The van der Waals surface area contributed by atoms with Crippen LogP contribution in [0.4, 0.5) is 5.69 Å². The Bertz CT molecular complexity index is 640. The Morgan fingerprint density at radius 1 is 1.00 bits per heavy atom. The molecule has 4 atom stereocenters. The van der Waals surface area contributed by atoms with Gasteiger partial charge in [-0.1, -0.05) is 35.4 Å². The number of fused-ring (bicyclic) bond motifs is 5. The minimum atomic E-state index is -0.215. The summed E-state index contributed by atoms with van der Waals surface area (Å²) < 4.78 is 0. The number of hydrogen-bond acceptors (Lipinski definition) is 2. The molecule has 0 unspecified atom stereocenters. The van der Waals surface area contributed by atoms with E-state index >= 15 is 0 Å². The maximum atomic E-state index is 12.6. The van der Waals surface area contributed by atoms with Crippen molar-refractivity contribution in [2.75, 3.05) is 4.90 Å². The van der Waals surface area contributed by atoms with E-state index in [1.165, 1.54) is 4.90 Å². The summed E-state index contributed by atoms with van der Waals surface area (Å²) in [5, 5.41) is 0.833. The number of hydrogen-bond donors (Lipinski definition) is 0. The van der Waals surface area contributed by atoms with E-state index in [4.69, 9.17) is 23.2 Å². The zero-order chi connectivity index (χ0) is 14.0. The van der Waals surface area contributed by atoms with Gasteiger partial charge < -0.3 is 0 Å². The second-order valence-corrected chi connectivity index (χ2v) is 6.45. The second-order valence-electron chi connectivity index (χ2n) is 5.61. The number of carbonyl (C=O) groups is 2. The van der Waals surface area contributed by atoms with Crippen LogP contribution in [-0.2, 0) is 9.59 Å². The number of carbonyl (C=O) groups excluding carboxylic acids is 2. The molecule has 2 bridgehead atoms. The monoisotopic (exact) mass is 307 g/mol. The third-order valence-electron chi connectivity index (χ3n) is 4.62. The molecule has 2 amide bonds. The molecular weight excluding hydrogens is 297 g/mol. The standard InChI is InChI=1S/C15H11Cl2NO2/c16-9-3-4-10(17)11(6-9)18-14(19)12-7-1-2-8(5-7)13(12)15(18)20/h1-4,6-8,12-13H,5H2/t7-,8-,12-,13+/m1/s1. The number of halogens is 2. The van der Waals surface area contributed by atoms with Crippen molar-refractivity contribution in [3.63, 3.8) is 0 Å². The fraction of sp³-hybridized carbons (Fsp3) is 0.333. The first-order chi connectivity index (χ1) is 9.58. The molecule has 0 aromatic heterocycles. The molecule has 2 aliphatic carbocycles. The zero-order valence-electron chi connectivity index (χ0n) is 10.4. The average molecular weight is 308 g/mol. The van der Waals surface area contributed by atoms with E-state index in [0.717, 1.165) is 6.42 Å². The summed E-state index contributed by atoms with van der Waals surface area (Å²) in [5.74, 6) is -0.309. The van der Waals surface area contributed by atoms with Crippen LogP contribution in [0.2, 0.25) is 10.0 Å². The van der Waals surface area contributed by atoms with Gasteiger partial charge in [0.15, 0.2) is 0 Å². The van der Waals surface area contributed by atoms with E-state index in [0.29, 0.717) is 15.7 Å². The fourth-order valence-electron chi connectivity index (χ4n) is 3.80. The molecule has 4 rings (SSSR count). The highest BCUT2D eigenvalue weighted by Gasteiger charge is 2.59. The van der Waals surface area contributed by atoms with Gasteiger partial charge in [-0.05, 0) is 36.5 Å². The Balaban J connectivity index is 1.80. The number of benzene rings is 1. The molecule has 0 spiro atoms. The molecule has 1 heterocycles. The number of imide groups is 1. The lowest BCUT2D eigenvalue weighted by Crippen LogP contribution is -2.33. The number of rotatable bonds is 1. The van der Waals surface area contributed by atoms with Crippen LogP contribution < -0.4 is 4.90 Å². The van der Waals surface area contributed by atoms with Crippen LogP contribution in [-0.4, -0.2) is 11.8 Å². The van der Waals surface area contributed by atoms with Gasteiger partial charge in [-0.3, -0.25) is 9.59 Å². The van der Waals surface area contributed by atoms with Gasteiger partial charge in [-0.2, -0.15) is 0 Å². The first kappa shape index (κ1) is 12.4. The topological polar surface area (TPSA) is 37.4 Å². The van der Waals surface area contributed by atoms with E-state index in [-0.39, 0.29) is 35.5 Å². The fourth-order valence-corrected chi connectivity index (χ4v) is 4.17. The molecule has 1 saturated heterocycles. The molecule has 0 radical (unpaired) electrons. The van der Waals surface area contributed by atoms with Gasteiger partial charge in [0.1, 0.15) is 0 Å². The zero-order valence-corrected chi connectivity index (χ0v) is 11.9. The second kappa shape index (κ2) is 4.09. The quantitative estimate of drug-likeness (QED) is 0.589. The van der Waals surface area contributed by atoms with E-state index in [2.05, 4.69) is 12.2 Å². The highest BCUT2D eigenvalue weighted by Crippen LogP contribution is 2.53. The Labute approximate surface area is 126 Å². The molecule has 3 nitrogen and oxygen atoms in total. The highest BCUT2D eigenvalue weighted by molar-refractivity contribution is 6.37. The van der Waals surface area contributed by atoms with Crippen LogP contribution >= 0.6 is 23.2 Å². The van der Waals surface area contributed by atoms with Crippen molar-refractivity contribution in [1.29, 1.82) is 0 Å². The van der Waals surface area contributed by atoms with E-state index in [1.807, 2.05) is 0 Å². The van der Waals surface area contributed by atoms with Crippen LogP contribution in [0.25, 0.3) is 0 Å². The maximum Gasteiger partial charge on any atom is 0.238 e. The van der Waals surface area contributed by atoms with Crippen molar-refractivity contribution in [3.05, 3.63) is 40.4 Å². The van der Waals surface area contributed by atoms with Crippen LogP contribution in [0.1, 0.15) is 6.42 Å². The molecule has 20 heavy (non-hydrogen) atoms. The number of nitrogens with zero attached hydrogens (tertiary/aromatic N) is 1. The lowest BCUT2D eigenvalue weighted by Gasteiger charge is -2.18. The molecule has 1 aliphatic heterocycles. The molecule has 3 aliphatic rings. The minimum Gasteiger partial charge on any atom is -0.274 e. The molecule has 102 valence electrons. The average Bonchev–Trinajstić information content (AvgIpc) is 3.08. The Morgan fingerprint density at radius 2 is 1.60 bits per heavy atom. The van der Waals surface area contributed by atoms with Gasteiger partial charge in [0.25, 0.3) is 0 Å². The first-order valence-electron chi connectivity index (χ1n) is 6.59. The van der Waals surface area contributed by atoms with Crippen LogP contribution in [0.5, 0.6) is 0 Å². The van der Waals surface area contributed by atoms with Crippen LogP contribution in [0, 0.1) is 23.7 Å². The first-order valence-corrected chi connectivity index (χ1v) is 7.34. The normalized spacial score (nSPS) is 34.2. The smallest absolute Gasteiger partial charge is 0.238 e. The van der Waals surface area contributed by atoms with Crippen molar-refractivity contribution in [2.45, 2.75) is 6.42 Å². The molecule has 0 N–H and O–H groups in total. The third-order valence-corrected chi connectivity index (χ3v) is 5.17. The summed E-state index contributed by atoms with van der Waals surface area (Å²) >= 11 is 12.1. The summed E-state index contributed by atoms with van der Waals surface area (Å²) in [5.41, 5.74) is 0.406. The van der Waals surface area contributed by atoms with Crippen molar-refractivity contribution < 1.29 is 9.59 Å². The van der Waals surface area contributed by atoms with Crippen molar-refractivity contribution in [3.8, 4) is 0 Å². The lowest BCUT2D eigenvalue weighted by molar-refractivity contribution is -0.123. The van der Waals surface area contributed by atoms with Gasteiger partial charge >= 0.3 is 0 Å². The Morgan fingerprint density at radius 3 is 2.20 bits per heavy atom. The van der Waals surface area contributed by atoms with Gasteiger partial charge in [0.2, 0.25) is 11.8 Å². The number of amides is 2. The van der Waals surface area contributed by atoms with Gasteiger partial charge in [0.05, 0.1) is 22.5 Å². The summed E-state index contributed by atoms with van der Waals surface area (Å²) in [4.78, 5) is 26.5. The van der Waals surface area contributed by atoms with Crippen molar-refractivity contribution in [2.24, 2.45) is 23.7 Å². The summed E-state index contributed by atoms with van der Waals surface area (Å²) in [7, 11) is 0. The Hall–Kier alpha value is -1.32. The molecule has 5 heteroatoms. The molecule has 1 aromatic rings. The maximum absolute atomic E-state index is 12.6. The molecule has 2 fully saturated rings. The van der Waals surface area contributed by atoms with Gasteiger partial charge in [0, 0.05) is 5.02 Å². The lowest BCUT2D eigenvalue weighted by atomic mass is 9.85. The van der Waals surface area contributed by atoms with Gasteiger partial charge in [-0.15, -0.1) is 0 Å². The molecule has 1 aromatic carbocycles. The molecule has 1 saturated carbocycles. The van der Waals surface area contributed by atoms with Crippen LogP contribution in [0.3, 0.4) is 0 Å². The van der Waals surface area contributed by atoms with E-state index in [9.17, 15) is 9.59 Å². The molecular formula is C15H11Cl2NO2. The number of allylic oxidation sites excluding steroid dienone is 2. The Kier molecular flexibility index (Phi) is 2.54. The van der Waals surface area contributed by atoms with Gasteiger partial charge in [-0.25, -0.2) is 4.90 Å². The van der Waals surface area contributed by atoms with Crippen molar-refractivity contribution >= 4 is 40.7 Å².